The third-order valence-corrected chi connectivity index (χ3v) is 4.07. The molecule has 0 aromatic heterocycles. The molecule has 2 aromatic carbocycles. The van der Waals surface area contributed by atoms with Gasteiger partial charge in [0, 0.05) is 27.2 Å². The summed E-state index contributed by atoms with van der Waals surface area (Å²) in [5.41, 5.74) is 1.97. The van der Waals surface area contributed by atoms with Crippen LogP contribution in [0.25, 0.3) is 0 Å². The number of guanidine groups is 1. The van der Waals surface area contributed by atoms with Gasteiger partial charge in [-0.2, -0.15) is 0 Å². The van der Waals surface area contributed by atoms with Gasteiger partial charge in [0.2, 0.25) is 6.79 Å². The Morgan fingerprint density at radius 2 is 1.96 bits per heavy atom. The van der Waals surface area contributed by atoms with Gasteiger partial charge < -0.3 is 24.8 Å². The van der Waals surface area contributed by atoms with Crippen molar-refractivity contribution >= 4 is 5.96 Å². The molecule has 0 radical (unpaired) electrons. The monoisotopic (exact) mass is 341 g/mol. The van der Waals surface area contributed by atoms with Crippen LogP contribution in [0.2, 0.25) is 0 Å². The van der Waals surface area contributed by atoms with Crippen molar-refractivity contribution in [3.8, 4) is 11.5 Å². The summed E-state index contributed by atoms with van der Waals surface area (Å²) < 4.78 is 10.8. The molecule has 1 aliphatic rings. The van der Waals surface area contributed by atoms with E-state index >= 15 is 0 Å². The molecular formula is C19H23N3O3. The van der Waals surface area contributed by atoms with E-state index in [1.54, 1.807) is 7.05 Å². The molecule has 0 aliphatic carbocycles. The molecule has 0 saturated carbocycles. The van der Waals surface area contributed by atoms with Gasteiger partial charge in [-0.3, -0.25) is 4.99 Å². The molecule has 0 saturated heterocycles. The number of nitrogens with one attached hydrogen (secondary N) is 1. The number of nitrogens with zero attached hydrogens (tertiary/aromatic N) is 2. The zero-order valence-electron chi connectivity index (χ0n) is 14.5. The van der Waals surface area contributed by atoms with Crippen LogP contribution in [0.1, 0.15) is 17.2 Å². The van der Waals surface area contributed by atoms with Crippen LogP contribution in [0.3, 0.4) is 0 Å². The second-order valence-corrected chi connectivity index (χ2v) is 5.90. The second kappa shape index (κ2) is 7.90. The Labute approximate surface area is 147 Å². The number of aliphatic hydroxyl groups excluding tert-OH is 1. The molecule has 2 aromatic rings. The van der Waals surface area contributed by atoms with E-state index in [4.69, 9.17) is 9.47 Å². The number of hydrogen-bond acceptors (Lipinski definition) is 4. The lowest BCUT2D eigenvalue weighted by molar-refractivity contribution is 0.174. The maximum absolute atomic E-state index is 10.3. The first-order valence-electron chi connectivity index (χ1n) is 8.20. The summed E-state index contributed by atoms with van der Waals surface area (Å²) in [5.74, 6) is 2.26. The zero-order chi connectivity index (χ0) is 17.6. The number of hydrogen-bond donors (Lipinski definition) is 2. The Balaban J connectivity index is 1.57. The maximum atomic E-state index is 10.3. The molecule has 1 aliphatic heterocycles. The van der Waals surface area contributed by atoms with Gasteiger partial charge in [0.1, 0.15) is 0 Å². The lowest BCUT2D eigenvalue weighted by Gasteiger charge is -2.23. The fourth-order valence-electron chi connectivity index (χ4n) is 2.75. The summed E-state index contributed by atoms with van der Waals surface area (Å²) in [7, 11) is 3.68. The van der Waals surface area contributed by atoms with Crippen molar-refractivity contribution in [2.75, 3.05) is 27.4 Å². The van der Waals surface area contributed by atoms with E-state index in [0.29, 0.717) is 19.0 Å². The van der Waals surface area contributed by atoms with E-state index in [9.17, 15) is 5.11 Å². The summed E-state index contributed by atoms with van der Waals surface area (Å²) in [6.07, 6.45) is -0.586. The van der Waals surface area contributed by atoms with Crippen molar-refractivity contribution in [2.24, 2.45) is 4.99 Å². The topological polar surface area (TPSA) is 66.3 Å². The van der Waals surface area contributed by atoms with Crippen LogP contribution < -0.4 is 14.8 Å². The molecule has 1 heterocycles. The number of benzene rings is 2. The average molecular weight is 341 g/mol. The quantitative estimate of drug-likeness (QED) is 0.644. The Morgan fingerprint density at radius 3 is 2.72 bits per heavy atom. The van der Waals surface area contributed by atoms with Gasteiger partial charge in [-0.25, -0.2) is 0 Å². The maximum Gasteiger partial charge on any atom is 0.231 e. The lowest BCUT2D eigenvalue weighted by atomic mass is 10.1. The molecule has 0 bridgehead atoms. The molecule has 0 spiro atoms. The molecule has 1 unspecified atom stereocenters. The number of rotatable bonds is 5. The fourth-order valence-corrected chi connectivity index (χ4v) is 2.75. The number of ether oxygens (including phenoxy) is 2. The summed E-state index contributed by atoms with van der Waals surface area (Å²) in [5, 5.41) is 13.5. The minimum absolute atomic E-state index is 0.273. The second-order valence-electron chi connectivity index (χ2n) is 5.90. The van der Waals surface area contributed by atoms with Crippen molar-refractivity contribution < 1.29 is 14.6 Å². The van der Waals surface area contributed by atoms with E-state index < -0.39 is 6.10 Å². The van der Waals surface area contributed by atoms with Crippen LogP contribution in [0.4, 0.5) is 0 Å². The molecule has 132 valence electrons. The Morgan fingerprint density at radius 1 is 1.20 bits per heavy atom. The zero-order valence-corrected chi connectivity index (χ0v) is 14.5. The van der Waals surface area contributed by atoms with Gasteiger partial charge in [-0.15, -0.1) is 0 Å². The van der Waals surface area contributed by atoms with Crippen molar-refractivity contribution in [1.82, 2.24) is 10.2 Å². The highest BCUT2D eigenvalue weighted by Crippen LogP contribution is 2.32. The predicted octanol–water partition coefficient (Wildman–Crippen LogP) is 2.16. The number of aliphatic imine (C=N–C) groups is 1. The average Bonchev–Trinajstić information content (AvgIpc) is 3.10. The SMILES string of the molecule is CN=C(NCC(O)c1ccccc1)N(C)Cc1ccc2c(c1)OCO2. The molecular weight excluding hydrogens is 318 g/mol. The first kappa shape index (κ1) is 17.1. The van der Waals surface area contributed by atoms with Crippen LogP contribution in [0, 0.1) is 0 Å². The Hall–Kier alpha value is -2.73. The fraction of sp³-hybridized carbons (Fsp3) is 0.316. The van der Waals surface area contributed by atoms with Crippen molar-refractivity contribution in [3.63, 3.8) is 0 Å². The Bertz CT molecular complexity index is 734. The minimum Gasteiger partial charge on any atom is -0.454 e. The molecule has 0 amide bonds. The highest BCUT2D eigenvalue weighted by molar-refractivity contribution is 5.79. The third kappa shape index (κ3) is 4.22. The van der Waals surface area contributed by atoms with Crippen LogP contribution in [0.5, 0.6) is 11.5 Å². The van der Waals surface area contributed by atoms with Crippen LogP contribution in [0.15, 0.2) is 53.5 Å². The standard InChI is InChI=1S/C19H23N3O3/c1-20-19(21-11-16(23)15-6-4-3-5-7-15)22(2)12-14-8-9-17-18(10-14)25-13-24-17/h3-10,16,23H,11-13H2,1-2H3,(H,20,21). The van der Waals surface area contributed by atoms with Crippen LogP contribution >= 0.6 is 0 Å². The van der Waals surface area contributed by atoms with Crippen LogP contribution in [-0.2, 0) is 6.54 Å². The molecule has 0 fully saturated rings. The van der Waals surface area contributed by atoms with E-state index in [1.807, 2.05) is 60.5 Å². The van der Waals surface area contributed by atoms with Gasteiger partial charge >= 0.3 is 0 Å². The largest absolute Gasteiger partial charge is 0.454 e. The molecule has 25 heavy (non-hydrogen) atoms. The van der Waals surface area contributed by atoms with Crippen LogP contribution in [-0.4, -0.2) is 43.4 Å². The van der Waals surface area contributed by atoms with E-state index in [2.05, 4.69) is 10.3 Å². The van der Waals surface area contributed by atoms with Gasteiger partial charge in [0.15, 0.2) is 17.5 Å². The molecule has 6 heteroatoms. The van der Waals surface area contributed by atoms with Gasteiger partial charge in [0.25, 0.3) is 0 Å². The van der Waals surface area contributed by atoms with Crippen molar-refractivity contribution in [1.29, 1.82) is 0 Å². The number of fused-ring (bicyclic) bond motifs is 1. The normalized spacial score (nSPS) is 14.3. The summed E-state index contributed by atoms with van der Waals surface area (Å²) in [6.45, 7) is 1.33. The first-order valence-corrected chi connectivity index (χ1v) is 8.20. The predicted molar refractivity (Wildman–Crippen MR) is 96.8 cm³/mol. The highest BCUT2D eigenvalue weighted by Gasteiger charge is 2.15. The first-order chi connectivity index (χ1) is 12.2. The van der Waals surface area contributed by atoms with Gasteiger partial charge in [-0.1, -0.05) is 36.4 Å². The van der Waals surface area contributed by atoms with Gasteiger partial charge in [0.05, 0.1) is 6.10 Å². The smallest absolute Gasteiger partial charge is 0.231 e. The van der Waals surface area contributed by atoms with Gasteiger partial charge in [-0.05, 0) is 23.3 Å². The molecule has 2 N–H and O–H groups in total. The molecule has 6 nitrogen and oxygen atoms in total. The van der Waals surface area contributed by atoms with Crippen molar-refractivity contribution in [3.05, 3.63) is 59.7 Å². The van der Waals surface area contributed by atoms with E-state index in [-0.39, 0.29) is 6.79 Å². The van der Waals surface area contributed by atoms with E-state index in [0.717, 1.165) is 22.6 Å². The summed E-state index contributed by atoms with van der Waals surface area (Å²) >= 11 is 0. The minimum atomic E-state index is -0.586. The molecule has 1 atom stereocenters. The summed E-state index contributed by atoms with van der Waals surface area (Å²) in [6, 6.07) is 15.5. The molecule has 3 rings (SSSR count). The Kier molecular flexibility index (Phi) is 5.40. The van der Waals surface area contributed by atoms with Crippen molar-refractivity contribution in [2.45, 2.75) is 12.6 Å². The number of aliphatic hydroxyl groups is 1. The lowest BCUT2D eigenvalue weighted by Crippen LogP contribution is -2.40. The third-order valence-electron chi connectivity index (χ3n) is 4.07. The highest BCUT2D eigenvalue weighted by atomic mass is 16.7. The summed E-state index contributed by atoms with van der Waals surface area (Å²) in [4.78, 5) is 6.28. The van der Waals surface area contributed by atoms with E-state index in [1.165, 1.54) is 0 Å².